The van der Waals surface area contributed by atoms with Crippen LogP contribution in [0.5, 0.6) is 11.5 Å². The number of hydrogen-bond donors (Lipinski definition) is 3. The molecule has 0 fully saturated rings. The van der Waals surface area contributed by atoms with Gasteiger partial charge < -0.3 is 24.6 Å². The van der Waals surface area contributed by atoms with Gasteiger partial charge in [-0.05, 0) is 17.7 Å². The molecule has 7 heteroatoms. The van der Waals surface area contributed by atoms with E-state index in [1.165, 1.54) is 26.4 Å². The Balaban J connectivity index is 0.00000225. The smallest absolute Gasteiger partial charge is 0.496 e. The van der Waals surface area contributed by atoms with E-state index < -0.39 is 7.12 Å². The maximum atomic E-state index is 9.14. The van der Waals surface area contributed by atoms with Gasteiger partial charge >= 0.3 is 7.12 Å². The van der Waals surface area contributed by atoms with Crippen molar-refractivity contribution < 1.29 is 57.3 Å². The van der Waals surface area contributed by atoms with E-state index >= 15 is 0 Å². The third-order valence-electron chi connectivity index (χ3n) is 2.04. The Labute approximate surface area is 119 Å². The van der Waals surface area contributed by atoms with Gasteiger partial charge in [0.15, 0.2) is 0 Å². The van der Waals surface area contributed by atoms with Crippen molar-refractivity contribution in [2.24, 2.45) is 0 Å². The van der Waals surface area contributed by atoms with Gasteiger partial charge in [0.05, 0.1) is 26.3 Å². The van der Waals surface area contributed by atoms with E-state index in [1.807, 2.05) is 0 Å². The zero-order chi connectivity index (χ0) is 11.4. The fourth-order valence-electron chi connectivity index (χ4n) is 1.34. The standard InChI is InChI=1S/C9H13BO5.Y/c1-14-7-3-6(5-11)4-8(15-2)9(7)10(12)13;/h3-4,11-13H,5H2,1-2H3;. The number of aliphatic hydroxyl groups is 1. The second kappa shape index (κ2) is 7.24. The van der Waals surface area contributed by atoms with E-state index in [0.717, 1.165) is 0 Å². The van der Waals surface area contributed by atoms with Gasteiger partial charge in [-0.25, -0.2) is 0 Å². The first kappa shape index (κ1) is 15.9. The second-order valence-corrected chi connectivity index (χ2v) is 2.95. The summed E-state index contributed by atoms with van der Waals surface area (Å²) in [4.78, 5) is 0. The minimum absolute atomic E-state index is 0. The molecule has 0 heterocycles. The summed E-state index contributed by atoms with van der Waals surface area (Å²) in [5.41, 5.74) is 0.727. The Bertz CT molecular complexity index is 320. The second-order valence-electron chi connectivity index (χ2n) is 2.95. The maximum absolute atomic E-state index is 9.14. The van der Waals surface area contributed by atoms with Crippen molar-refractivity contribution >= 4 is 12.6 Å². The van der Waals surface area contributed by atoms with Gasteiger partial charge in [-0.2, -0.15) is 0 Å². The van der Waals surface area contributed by atoms with E-state index in [2.05, 4.69) is 0 Å². The third-order valence-corrected chi connectivity index (χ3v) is 2.04. The van der Waals surface area contributed by atoms with Gasteiger partial charge in [-0.1, -0.05) is 0 Å². The molecule has 0 bridgehead atoms. The third kappa shape index (κ3) is 3.43. The SMILES string of the molecule is COc1cc(CO)cc(OC)c1B(O)O.[Y]. The van der Waals surface area contributed by atoms with Crippen molar-refractivity contribution in [2.75, 3.05) is 14.2 Å². The van der Waals surface area contributed by atoms with Crippen molar-refractivity contribution in [1.29, 1.82) is 0 Å². The van der Waals surface area contributed by atoms with Gasteiger partial charge in [0, 0.05) is 32.7 Å². The molecule has 85 valence electrons. The molecule has 0 amide bonds. The Morgan fingerprint density at radius 1 is 1.12 bits per heavy atom. The summed E-state index contributed by atoms with van der Waals surface area (Å²) < 4.78 is 9.96. The first-order chi connectivity index (χ1) is 7.13. The summed E-state index contributed by atoms with van der Waals surface area (Å²) >= 11 is 0. The van der Waals surface area contributed by atoms with Crippen LogP contribution < -0.4 is 14.9 Å². The molecule has 1 rings (SSSR count). The van der Waals surface area contributed by atoms with Gasteiger partial charge in [0.1, 0.15) is 11.5 Å². The van der Waals surface area contributed by atoms with Gasteiger partial charge in [-0.15, -0.1) is 0 Å². The molecule has 1 aromatic rings. The first-order valence-electron chi connectivity index (χ1n) is 4.35. The van der Waals surface area contributed by atoms with Crippen LogP contribution in [0.15, 0.2) is 12.1 Å². The molecule has 0 aromatic heterocycles. The normalized spacial score (nSPS) is 9.31. The quantitative estimate of drug-likeness (QED) is 0.614. The van der Waals surface area contributed by atoms with Crippen molar-refractivity contribution in [1.82, 2.24) is 0 Å². The van der Waals surface area contributed by atoms with Crippen LogP contribution in [-0.4, -0.2) is 36.5 Å². The summed E-state index contributed by atoms with van der Waals surface area (Å²) in [5, 5.41) is 27.3. The van der Waals surface area contributed by atoms with Crippen molar-refractivity contribution in [3.05, 3.63) is 17.7 Å². The number of aliphatic hydroxyl groups excluding tert-OH is 1. The van der Waals surface area contributed by atoms with Crippen molar-refractivity contribution in [2.45, 2.75) is 6.61 Å². The molecule has 0 spiro atoms. The van der Waals surface area contributed by atoms with E-state index in [1.54, 1.807) is 0 Å². The fourth-order valence-corrected chi connectivity index (χ4v) is 1.34. The van der Waals surface area contributed by atoms with E-state index in [-0.39, 0.29) is 56.3 Å². The van der Waals surface area contributed by atoms with Crippen LogP contribution in [0, 0.1) is 0 Å². The van der Waals surface area contributed by atoms with Crippen LogP contribution >= 0.6 is 0 Å². The zero-order valence-electron chi connectivity index (χ0n) is 9.17. The Kier molecular flexibility index (Phi) is 7.19. The average molecular weight is 301 g/mol. The summed E-state index contributed by atoms with van der Waals surface area (Å²) in [6, 6.07) is 3.05. The Hall–Kier alpha value is -0.131. The monoisotopic (exact) mass is 301 g/mol. The van der Waals surface area contributed by atoms with Crippen molar-refractivity contribution in [3.8, 4) is 11.5 Å². The minimum Gasteiger partial charge on any atom is -0.497 e. The molecule has 1 radical (unpaired) electrons. The predicted octanol–water partition coefficient (Wildman–Crippen LogP) is -1.13. The molecule has 0 aliphatic heterocycles. The maximum Gasteiger partial charge on any atom is 0.496 e. The largest absolute Gasteiger partial charge is 0.497 e. The molecule has 16 heavy (non-hydrogen) atoms. The molecular formula is C9H13BO5Y. The predicted molar refractivity (Wildman–Crippen MR) is 55.3 cm³/mol. The van der Waals surface area contributed by atoms with Crippen LogP contribution in [0.1, 0.15) is 5.56 Å². The Morgan fingerprint density at radius 2 is 1.56 bits per heavy atom. The molecule has 0 aliphatic carbocycles. The molecule has 0 unspecified atom stereocenters. The molecule has 0 saturated heterocycles. The minimum atomic E-state index is -1.68. The molecule has 0 atom stereocenters. The summed E-state index contributed by atoms with van der Waals surface area (Å²) in [5.74, 6) is 0.543. The van der Waals surface area contributed by atoms with E-state index in [0.29, 0.717) is 5.56 Å². The van der Waals surface area contributed by atoms with Crippen LogP contribution in [0.4, 0.5) is 0 Å². The van der Waals surface area contributed by atoms with Crippen LogP contribution in [0.3, 0.4) is 0 Å². The fraction of sp³-hybridized carbons (Fsp3) is 0.333. The number of benzene rings is 1. The Morgan fingerprint density at radius 3 is 1.81 bits per heavy atom. The molecule has 1 aromatic carbocycles. The summed E-state index contributed by atoms with van der Waals surface area (Å²) in [6.45, 7) is -0.172. The number of hydrogen-bond acceptors (Lipinski definition) is 5. The van der Waals surface area contributed by atoms with E-state index in [4.69, 9.17) is 24.6 Å². The van der Waals surface area contributed by atoms with Gasteiger partial charge in [0.25, 0.3) is 0 Å². The van der Waals surface area contributed by atoms with Crippen molar-refractivity contribution in [3.63, 3.8) is 0 Å². The van der Waals surface area contributed by atoms with Crippen LogP contribution in [0.2, 0.25) is 0 Å². The average Bonchev–Trinajstić information content (AvgIpc) is 2.26. The number of ether oxygens (including phenoxy) is 2. The summed E-state index contributed by atoms with van der Waals surface area (Å²) in [7, 11) is 1.13. The molecule has 5 nitrogen and oxygen atoms in total. The zero-order valence-corrected chi connectivity index (χ0v) is 12.0. The van der Waals surface area contributed by atoms with Gasteiger partial charge in [-0.3, -0.25) is 0 Å². The topological polar surface area (TPSA) is 79.2 Å². The molecule has 0 aliphatic rings. The first-order valence-corrected chi connectivity index (χ1v) is 4.35. The molecule has 0 saturated carbocycles. The molecular weight excluding hydrogens is 288 g/mol. The van der Waals surface area contributed by atoms with Crippen LogP contribution in [-0.2, 0) is 39.3 Å². The van der Waals surface area contributed by atoms with E-state index in [9.17, 15) is 0 Å². The number of rotatable bonds is 4. The van der Waals surface area contributed by atoms with Crippen LogP contribution in [0.25, 0.3) is 0 Å². The van der Waals surface area contributed by atoms with Gasteiger partial charge in [0.2, 0.25) is 0 Å². The summed E-state index contributed by atoms with van der Waals surface area (Å²) in [6.07, 6.45) is 0. The molecule has 3 N–H and O–H groups in total. The number of methoxy groups -OCH3 is 2.